The average molecular weight is 305 g/mol. The molecule has 1 aromatic carbocycles. The molecule has 1 aliphatic rings. The van der Waals surface area contributed by atoms with Crippen molar-refractivity contribution in [2.24, 2.45) is 11.7 Å². The first-order valence-corrected chi connectivity index (χ1v) is 8.01. The summed E-state index contributed by atoms with van der Waals surface area (Å²) in [7, 11) is -1.48. The fourth-order valence-electron chi connectivity index (χ4n) is 2.61. The van der Waals surface area contributed by atoms with Crippen LogP contribution in [0.5, 0.6) is 0 Å². The molecule has 0 bridgehead atoms. The standard InChI is InChI=1S/C14H18F3NOS/c15-14(16,17)11-6-3-7-12(8-11)20(19)9-13(18)10-4-1-2-5-10/h3,6-8,10,13H,1-2,4-5,9,18H2. The maximum Gasteiger partial charge on any atom is 0.416 e. The highest BCUT2D eigenvalue weighted by atomic mass is 32.2. The van der Waals surface area contributed by atoms with Crippen molar-refractivity contribution < 1.29 is 17.4 Å². The first-order valence-electron chi connectivity index (χ1n) is 6.69. The average Bonchev–Trinajstić information content (AvgIpc) is 2.91. The second kappa shape index (κ2) is 6.26. The minimum atomic E-state index is -4.41. The fourth-order valence-corrected chi connectivity index (χ4v) is 3.91. The van der Waals surface area contributed by atoms with E-state index in [1.54, 1.807) is 0 Å². The van der Waals surface area contributed by atoms with E-state index in [4.69, 9.17) is 5.73 Å². The summed E-state index contributed by atoms with van der Waals surface area (Å²) in [6.07, 6.45) is -0.0845. The van der Waals surface area contributed by atoms with Gasteiger partial charge in [-0.15, -0.1) is 0 Å². The minimum Gasteiger partial charge on any atom is -0.327 e. The van der Waals surface area contributed by atoms with Crippen molar-refractivity contribution in [3.05, 3.63) is 29.8 Å². The van der Waals surface area contributed by atoms with Crippen LogP contribution in [0.25, 0.3) is 0 Å². The molecule has 1 fully saturated rings. The summed E-state index contributed by atoms with van der Waals surface area (Å²) in [6, 6.07) is 4.49. The topological polar surface area (TPSA) is 43.1 Å². The van der Waals surface area contributed by atoms with E-state index in [-0.39, 0.29) is 16.7 Å². The zero-order valence-electron chi connectivity index (χ0n) is 11.0. The quantitative estimate of drug-likeness (QED) is 0.927. The summed E-state index contributed by atoms with van der Waals surface area (Å²) in [6.45, 7) is 0. The molecule has 1 aliphatic carbocycles. The van der Waals surface area contributed by atoms with Crippen LogP contribution in [0.4, 0.5) is 13.2 Å². The van der Waals surface area contributed by atoms with Crippen LogP contribution in [-0.2, 0) is 17.0 Å². The van der Waals surface area contributed by atoms with Gasteiger partial charge in [0.1, 0.15) is 0 Å². The molecule has 0 aliphatic heterocycles. The molecule has 6 heteroatoms. The second-order valence-corrected chi connectivity index (χ2v) is 6.74. The summed E-state index contributed by atoms with van der Waals surface area (Å²) in [5.41, 5.74) is 5.26. The molecule has 112 valence electrons. The molecule has 2 atom stereocenters. The molecule has 20 heavy (non-hydrogen) atoms. The maximum atomic E-state index is 12.6. The summed E-state index contributed by atoms with van der Waals surface area (Å²) in [5.74, 6) is 0.580. The molecule has 0 amide bonds. The number of halogens is 3. The van der Waals surface area contributed by atoms with Crippen LogP contribution in [0.15, 0.2) is 29.2 Å². The highest BCUT2D eigenvalue weighted by Crippen LogP contribution is 2.31. The van der Waals surface area contributed by atoms with Gasteiger partial charge in [-0.1, -0.05) is 18.9 Å². The van der Waals surface area contributed by atoms with Gasteiger partial charge in [-0.25, -0.2) is 0 Å². The lowest BCUT2D eigenvalue weighted by atomic mass is 10.0. The van der Waals surface area contributed by atoms with E-state index in [2.05, 4.69) is 0 Å². The third-order valence-electron chi connectivity index (χ3n) is 3.77. The molecular formula is C14H18F3NOS. The van der Waals surface area contributed by atoms with Gasteiger partial charge >= 0.3 is 6.18 Å². The van der Waals surface area contributed by atoms with E-state index in [1.165, 1.54) is 12.1 Å². The monoisotopic (exact) mass is 305 g/mol. The van der Waals surface area contributed by atoms with Crippen molar-refractivity contribution in [3.8, 4) is 0 Å². The normalized spacial score (nSPS) is 20.0. The van der Waals surface area contributed by atoms with E-state index in [0.717, 1.165) is 37.8 Å². The molecule has 1 aromatic rings. The maximum absolute atomic E-state index is 12.6. The van der Waals surface area contributed by atoms with Crippen molar-refractivity contribution in [2.75, 3.05) is 5.75 Å². The summed E-state index contributed by atoms with van der Waals surface area (Å²) in [5, 5.41) is 0. The molecule has 2 unspecified atom stereocenters. The Morgan fingerprint density at radius 1 is 1.30 bits per heavy atom. The van der Waals surface area contributed by atoms with Crippen LogP contribution in [-0.4, -0.2) is 16.0 Å². The van der Waals surface area contributed by atoms with Gasteiger partial charge in [-0.2, -0.15) is 13.2 Å². The number of hydrogen-bond acceptors (Lipinski definition) is 2. The number of alkyl halides is 3. The third kappa shape index (κ3) is 3.82. The molecule has 0 radical (unpaired) electrons. The van der Waals surface area contributed by atoms with Gasteiger partial charge in [-0.3, -0.25) is 4.21 Å². The van der Waals surface area contributed by atoms with Crippen molar-refractivity contribution >= 4 is 10.8 Å². The van der Waals surface area contributed by atoms with Crippen molar-refractivity contribution in [3.63, 3.8) is 0 Å². The smallest absolute Gasteiger partial charge is 0.327 e. The fraction of sp³-hybridized carbons (Fsp3) is 0.571. The highest BCUT2D eigenvalue weighted by molar-refractivity contribution is 7.85. The van der Waals surface area contributed by atoms with Crippen molar-refractivity contribution in [1.29, 1.82) is 0 Å². The van der Waals surface area contributed by atoms with E-state index in [0.29, 0.717) is 5.92 Å². The number of rotatable bonds is 4. The lowest BCUT2D eigenvalue weighted by Gasteiger charge is -2.18. The lowest BCUT2D eigenvalue weighted by molar-refractivity contribution is -0.137. The van der Waals surface area contributed by atoms with Gasteiger partial charge in [0, 0.05) is 16.7 Å². The Kier molecular flexibility index (Phi) is 4.86. The molecular weight excluding hydrogens is 287 g/mol. The van der Waals surface area contributed by atoms with E-state index < -0.39 is 22.5 Å². The Hall–Kier alpha value is -0.880. The Labute approximate surface area is 119 Å². The van der Waals surface area contributed by atoms with Gasteiger partial charge in [0.15, 0.2) is 0 Å². The van der Waals surface area contributed by atoms with Gasteiger partial charge in [0.25, 0.3) is 0 Å². The van der Waals surface area contributed by atoms with E-state index in [9.17, 15) is 17.4 Å². The number of benzene rings is 1. The highest BCUT2D eigenvalue weighted by Gasteiger charge is 2.31. The van der Waals surface area contributed by atoms with Crippen LogP contribution >= 0.6 is 0 Å². The molecule has 2 N–H and O–H groups in total. The Morgan fingerprint density at radius 3 is 2.55 bits per heavy atom. The zero-order chi connectivity index (χ0) is 14.8. The van der Waals surface area contributed by atoms with Crippen LogP contribution in [0.3, 0.4) is 0 Å². The third-order valence-corrected chi connectivity index (χ3v) is 5.24. The molecule has 1 saturated carbocycles. The zero-order valence-corrected chi connectivity index (χ0v) is 11.8. The van der Waals surface area contributed by atoms with E-state index in [1.807, 2.05) is 0 Å². The van der Waals surface area contributed by atoms with Crippen molar-refractivity contribution in [2.45, 2.75) is 42.8 Å². The number of hydrogen-bond donors (Lipinski definition) is 1. The number of nitrogens with two attached hydrogens (primary N) is 1. The van der Waals surface area contributed by atoms with Gasteiger partial charge in [0.05, 0.1) is 16.4 Å². The van der Waals surface area contributed by atoms with Gasteiger partial charge in [-0.05, 0) is 37.0 Å². The molecule has 0 saturated heterocycles. The van der Waals surface area contributed by atoms with E-state index >= 15 is 0 Å². The first kappa shape index (κ1) is 15.5. The van der Waals surface area contributed by atoms with Crippen molar-refractivity contribution in [1.82, 2.24) is 0 Å². The minimum absolute atomic E-state index is 0.201. The predicted molar refractivity (Wildman–Crippen MR) is 72.7 cm³/mol. The lowest BCUT2D eigenvalue weighted by Crippen LogP contribution is -2.34. The Morgan fingerprint density at radius 2 is 1.95 bits per heavy atom. The molecule has 0 heterocycles. The van der Waals surface area contributed by atoms with Gasteiger partial charge in [0.2, 0.25) is 0 Å². The Bertz CT molecular complexity index is 484. The second-order valence-electron chi connectivity index (χ2n) is 5.25. The molecule has 2 nitrogen and oxygen atoms in total. The molecule has 0 aromatic heterocycles. The molecule has 2 rings (SSSR count). The van der Waals surface area contributed by atoms with Crippen LogP contribution < -0.4 is 5.73 Å². The van der Waals surface area contributed by atoms with Crippen LogP contribution in [0, 0.1) is 5.92 Å². The largest absolute Gasteiger partial charge is 0.416 e. The predicted octanol–water partition coefficient (Wildman–Crippen LogP) is 3.33. The summed E-state index contributed by atoms with van der Waals surface area (Å²) < 4.78 is 50.0. The van der Waals surface area contributed by atoms with Crippen LogP contribution in [0.2, 0.25) is 0 Å². The SMILES string of the molecule is NC(CS(=O)c1cccc(C(F)(F)F)c1)C1CCCC1. The summed E-state index contributed by atoms with van der Waals surface area (Å²) in [4.78, 5) is 0.202. The Balaban J connectivity index is 2.05. The first-order chi connectivity index (χ1) is 9.38. The van der Waals surface area contributed by atoms with Gasteiger partial charge < -0.3 is 5.73 Å². The molecule has 0 spiro atoms. The summed E-state index contributed by atoms with van der Waals surface area (Å²) >= 11 is 0. The van der Waals surface area contributed by atoms with Crippen LogP contribution in [0.1, 0.15) is 31.2 Å².